The fourth-order valence-corrected chi connectivity index (χ4v) is 3.84. The summed E-state index contributed by atoms with van der Waals surface area (Å²) in [7, 11) is 0. The number of para-hydroxylation sites is 1. The number of halogens is 2. The van der Waals surface area contributed by atoms with Crippen molar-refractivity contribution in [2.75, 3.05) is 26.2 Å². The molecule has 1 amide bonds. The van der Waals surface area contributed by atoms with Crippen LogP contribution in [-0.4, -0.2) is 41.9 Å². The van der Waals surface area contributed by atoms with Gasteiger partial charge in [0.05, 0.1) is 5.02 Å². The highest BCUT2D eigenvalue weighted by Crippen LogP contribution is 2.24. The van der Waals surface area contributed by atoms with E-state index in [0.717, 1.165) is 24.7 Å². The Kier molecular flexibility index (Phi) is 6.62. The number of carbonyl (C=O) groups excluding carboxylic acids is 1. The summed E-state index contributed by atoms with van der Waals surface area (Å²) in [6.45, 7) is 3.97. The number of rotatable bonds is 6. The van der Waals surface area contributed by atoms with Crippen molar-refractivity contribution in [1.29, 1.82) is 0 Å². The van der Waals surface area contributed by atoms with Crippen LogP contribution in [0.3, 0.4) is 0 Å². The van der Waals surface area contributed by atoms with E-state index in [1.807, 2.05) is 35.2 Å². The summed E-state index contributed by atoms with van der Waals surface area (Å²) in [6, 6.07) is 18.6. The maximum absolute atomic E-state index is 12.8. The Hall–Kier alpha value is -2.47. The average molecular weight is 445 g/mol. The summed E-state index contributed by atoms with van der Waals surface area (Å²) in [5.41, 5.74) is 1.18. The Balaban J connectivity index is 1.29. The first-order valence-corrected chi connectivity index (χ1v) is 10.6. The van der Waals surface area contributed by atoms with Gasteiger partial charge in [-0.1, -0.05) is 47.5 Å². The fraction of sp³-hybridized carbons (Fsp3) is 0.261. The summed E-state index contributed by atoms with van der Waals surface area (Å²) in [6.07, 6.45) is 0. The van der Waals surface area contributed by atoms with E-state index in [1.54, 1.807) is 24.3 Å². The van der Waals surface area contributed by atoms with Gasteiger partial charge in [0, 0.05) is 37.7 Å². The molecule has 1 aliphatic heterocycles. The van der Waals surface area contributed by atoms with Crippen LogP contribution in [0.4, 0.5) is 0 Å². The highest BCUT2D eigenvalue weighted by Gasteiger charge is 2.24. The molecule has 156 valence electrons. The number of piperazine rings is 1. The van der Waals surface area contributed by atoms with Crippen LogP contribution in [0.2, 0.25) is 10.0 Å². The zero-order chi connectivity index (χ0) is 20.9. The molecule has 1 saturated heterocycles. The number of ether oxygens (including phenoxy) is 1. The molecule has 5 nitrogen and oxygen atoms in total. The minimum atomic E-state index is -0.0959. The molecule has 1 fully saturated rings. The lowest BCUT2D eigenvalue weighted by Gasteiger charge is -2.34. The number of benzene rings is 2. The second-order valence-corrected chi connectivity index (χ2v) is 8.03. The topological polar surface area (TPSA) is 45.9 Å². The van der Waals surface area contributed by atoms with E-state index in [1.165, 1.54) is 5.56 Å². The quantitative estimate of drug-likeness (QED) is 0.528. The van der Waals surface area contributed by atoms with Crippen LogP contribution in [0.5, 0.6) is 5.75 Å². The molecule has 30 heavy (non-hydrogen) atoms. The number of furan rings is 1. The van der Waals surface area contributed by atoms with Crippen LogP contribution < -0.4 is 4.74 Å². The highest BCUT2D eigenvalue weighted by atomic mass is 35.5. The summed E-state index contributed by atoms with van der Waals surface area (Å²) >= 11 is 12.2. The third-order valence-electron chi connectivity index (χ3n) is 5.03. The summed E-state index contributed by atoms with van der Waals surface area (Å²) in [5.74, 6) is 1.40. The van der Waals surface area contributed by atoms with Crippen molar-refractivity contribution >= 4 is 29.1 Å². The van der Waals surface area contributed by atoms with Crippen LogP contribution >= 0.6 is 23.2 Å². The van der Waals surface area contributed by atoms with Crippen molar-refractivity contribution in [3.8, 4) is 5.75 Å². The van der Waals surface area contributed by atoms with Crippen LogP contribution in [0.25, 0.3) is 0 Å². The molecular weight excluding hydrogens is 423 g/mol. The van der Waals surface area contributed by atoms with Gasteiger partial charge >= 0.3 is 0 Å². The SMILES string of the molecule is O=C(c1ccc(COc2ccccc2Cl)o1)N1CCN(Cc2cccc(Cl)c2)CC1. The third kappa shape index (κ3) is 5.17. The van der Waals surface area contributed by atoms with Gasteiger partial charge in [0.25, 0.3) is 5.91 Å². The van der Waals surface area contributed by atoms with Crippen LogP contribution in [-0.2, 0) is 13.2 Å². The van der Waals surface area contributed by atoms with Crippen molar-refractivity contribution in [2.24, 2.45) is 0 Å². The van der Waals surface area contributed by atoms with Gasteiger partial charge in [-0.3, -0.25) is 9.69 Å². The monoisotopic (exact) mass is 444 g/mol. The Morgan fingerprint density at radius 2 is 1.77 bits per heavy atom. The standard InChI is InChI=1S/C23H22Cl2N2O3/c24-18-5-3-4-17(14-18)15-26-10-12-27(13-11-26)23(28)22-9-8-19(30-22)16-29-21-7-2-1-6-20(21)25/h1-9,14H,10-13,15-16H2. The van der Waals surface area contributed by atoms with E-state index in [9.17, 15) is 4.79 Å². The van der Waals surface area contributed by atoms with Crippen LogP contribution in [0.1, 0.15) is 21.9 Å². The Bertz CT molecular complexity index is 1010. The zero-order valence-electron chi connectivity index (χ0n) is 16.4. The van der Waals surface area contributed by atoms with E-state index in [4.69, 9.17) is 32.4 Å². The lowest BCUT2D eigenvalue weighted by molar-refractivity contribution is 0.0594. The molecule has 0 N–H and O–H groups in total. The van der Waals surface area contributed by atoms with Gasteiger partial charge in [-0.25, -0.2) is 0 Å². The van der Waals surface area contributed by atoms with E-state index < -0.39 is 0 Å². The smallest absolute Gasteiger partial charge is 0.289 e. The number of carbonyl (C=O) groups is 1. The number of nitrogens with zero attached hydrogens (tertiary/aromatic N) is 2. The predicted octanol–water partition coefficient (Wildman–Crippen LogP) is 5.12. The van der Waals surface area contributed by atoms with Gasteiger partial charge in [-0.05, 0) is 42.0 Å². The minimum Gasteiger partial charge on any atom is -0.484 e. The van der Waals surface area contributed by atoms with Crippen LogP contribution in [0, 0.1) is 0 Å². The average Bonchev–Trinajstić information content (AvgIpc) is 3.22. The first kappa shape index (κ1) is 20.8. The second kappa shape index (κ2) is 9.56. The molecule has 0 unspecified atom stereocenters. The van der Waals surface area contributed by atoms with Gasteiger partial charge in [0.1, 0.15) is 18.1 Å². The van der Waals surface area contributed by atoms with Crippen molar-refractivity contribution < 1.29 is 13.9 Å². The van der Waals surface area contributed by atoms with Crippen molar-refractivity contribution in [3.63, 3.8) is 0 Å². The molecule has 2 aromatic carbocycles. The molecule has 0 radical (unpaired) electrons. The number of hydrogen-bond donors (Lipinski definition) is 0. The van der Waals surface area contributed by atoms with Gasteiger partial charge < -0.3 is 14.1 Å². The number of amides is 1. The van der Waals surface area contributed by atoms with E-state index in [-0.39, 0.29) is 12.5 Å². The predicted molar refractivity (Wildman–Crippen MR) is 117 cm³/mol. The first-order chi connectivity index (χ1) is 14.6. The number of hydrogen-bond acceptors (Lipinski definition) is 4. The lowest BCUT2D eigenvalue weighted by Crippen LogP contribution is -2.48. The molecular formula is C23H22Cl2N2O3. The summed E-state index contributed by atoms with van der Waals surface area (Å²) in [4.78, 5) is 16.9. The molecule has 3 aromatic rings. The largest absolute Gasteiger partial charge is 0.484 e. The van der Waals surface area contributed by atoms with Crippen LogP contribution in [0.15, 0.2) is 65.1 Å². The Morgan fingerprint density at radius 1 is 0.967 bits per heavy atom. The van der Waals surface area contributed by atoms with Gasteiger partial charge in [0.2, 0.25) is 0 Å². The van der Waals surface area contributed by atoms with E-state index >= 15 is 0 Å². The van der Waals surface area contributed by atoms with Crippen molar-refractivity contribution in [3.05, 3.63) is 87.8 Å². The Labute approximate surface area is 185 Å². The highest BCUT2D eigenvalue weighted by molar-refractivity contribution is 6.32. The lowest BCUT2D eigenvalue weighted by atomic mass is 10.2. The molecule has 4 rings (SSSR count). The van der Waals surface area contributed by atoms with Crippen molar-refractivity contribution in [1.82, 2.24) is 9.80 Å². The zero-order valence-corrected chi connectivity index (χ0v) is 17.9. The molecule has 7 heteroatoms. The van der Waals surface area contributed by atoms with Crippen molar-refractivity contribution in [2.45, 2.75) is 13.2 Å². The fourth-order valence-electron chi connectivity index (χ4n) is 3.44. The minimum absolute atomic E-state index is 0.0959. The van der Waals surface area contributed by atoms with E-state index in [0.29, 0.717) is 35.4 Å². The van der Waals surface area contributed by atoms with E-state index in [2.05, 4.69) is 11.0 Å². The summed E-state index contributed by atoms with van der Waals surface area (Å²) < 4.78 is 11.4. The molecule has 0 atom stereocenters. The van der Waals surface area contributed by atoms with Gasteiger partial charge in [-0.2, -0.15) is 0 Å². The maximum Gasteiger partial charge on any atom is 0.289 e. The first-order valence-electron chi connectivity index (χ1n) is 9.80. The summed E-state index contributed by atoms with van der Waals surface area (Å²) in [5, 5.41) is 1.28. The molecule has 0 aliphatic carbocycles. The Morgan fingerprint density at radius 3 is 2.53 bits per heavy atom. The molecule has 0 spiro atoms. The van der Waals surface area contributed by atoms with Gasteiger partial charge in [-0.15, -0.1) is 0 Å². The third-order valence-corrected chi connectivity index (χ3v) is 5.58. The van der Waals surface area contributed by atoms with Gasteiger partial charge in [0.15, 0.2) is 5.76 Å². The second-order valence-electron chi connectivity index (χ2n) is 7.18. The molecule has 2 heterocycles. The molecule has 1 aliphatic rings. The normalized spacial score (nSPS) is 14.7. The maximum atomic E-state index is 12.8. The molecule has 0 saturated carbocycles. The molecule has 0 bridgehead atoms. The molecule has 1 aromatic heterocycles.